The van der Waals surface area contributed by atoms with Crippen molar-refractivity contribution < 1.29 is 38.0 Å². The molecule has 8 heteroatoms. The van der Waals surface area contributed by atoms with Gasteiger partial charge in [0.15, 0.2) is 0 Å². The summed E-state index contributed by atoms with van der Waals surface area (Å²) in [6.45, 7) is 12.1. The Morgan fingerprint density at radius 2 is 1.07 bits per heavy atom. The maximum atomic E-state index is 11.4. The number of carbonyl (C=O) groups excluding carboxylic acids is 1. The maximum absolute atomic E-state index is 11.4. The van der Waals surface area contributed by atoms with Crippen molar-refractivity contribution in [1.29, 1.82) is 0 Å². The molecule has 0 aromatic heterocycles. The number of rotatable bonds is 24. The van der Waals surface area contributed by atoms with Crippen LogP contribution in [0.2, 0.25) is 0 Å². The number of unbranched alkanes of at least 4 members (excludes halogenated alkanes) is 2. The Bertz CT molecular complexity index is 352. The average Bonchev–Trinajstić information content (AvgIpc) is 2.72. The summed E-state index contributed by atoms with van der Waals surface area (Å²) in [5.41, 5.74) is 0. The summed E-state index contributed by atoms with van der Waals surface area (Å²) in [5, 5.41) is 0. The second-order valence-corrected chi connectivity index (χ2v) is 6.10. The van der Waals surface area contributed by atoms with Gasteiger partial charge in [0.05, 0.1) is 79.3 Å². The summed E-state index contributed by atoms with van der Waals surface area (Å²) in [6.07, 6.45) is 5.24. The van der Waals surface area contributed by atoms with Crippen molar-refractivity contribution in [2.45, 2.75) is 32.6 Å². The molecule has 29 heavy (non-hydrogen) atoms. The number of carbonyl (C=O) groups is 1. The molecule has 0 atom stereocenters. The van der Waals surface area contributed by atoms with Crippen molar-refractivity contribution in [2.24, 2.45) is 0 Å². The van der Waals surface area contributed by atoms with Crippen LogP contribution in [0.1, 0.15) is 32.6 Å². The molecule has 0 spiro atoms. The minimum Gasteiger partial charge on any atom is -0.463 e. The molecule has 0 aliphatic carbocycles. The number of ether oxygens (including phenoxy) is 7. The highest BCUT2D eigenvalue weighted by atomic mass is 16.6. The van der Waals surface area contributed by atoms with Gasteiger partial charge in [0.25, 0.3) is 0 Å². The van der Waals surface area contributed by atoms with Crippen molar-refractivity contribution in [3.63, 3.8) is 0 Å². The first kappa shape index (κ1) is 28.0. The van der Waals surface area contributed by atoms with Gasteiger partial charge in [0, 0.05) is 6.42 Å². The molecule has 0 fully saturated rings. The van der Waals surface area contributed by atoms with E-state index in [4.69, 9.17) is 33.2 Å². The fourth-order valence-corrected chi connectivity index (χ4v) is 2.07. The molecule has 0 aliphatic rings. The Kier molecular flexibility index (Phi) is 24.1. The van der Waals surface area contributed by atoms with E-state index < -0.39 is 0 Å². The zero-order chi connectivity index (χ0) is 21.3. The summed E-state index contributed by atoms with van der Waals surface area (Å²) in [7, 11) is 0. The van der Waals surface area contributed by atoms with Gasteiger partial charge in [-0.3, -0.25) is 4.79 Å². The van der Waals surface area contributed by atoms with Crippen molar-refractivity contribution in [1.82, 2.24) is 0 Å². The fraction of sp³-hybridized carbons (Fsp3) is 0.857. The van der Waals surface area contributed by atoms with Gasteiger partial charge in [-0.2, -0.15) is 0 Å². The van der Waals surface area contributed by atoms with E-state index in [9.17, 15) is 4.79 Å². The Labute approximate surface area is 175 Å². The van der Waals surface area contributed by atoms with E-state index in [1.54, 1.807) is 6.08 Å². The van der Waals surface area contributed by atoms with E-state index in [0.29, 0.717) is 92.3 Å². The zero-order valence-corrected chi connectivity index (χ0v) is 18.1. The van der Waals surface area contributed by atoms with Crippen LogP contribution >= 0.6 is 0 Å². The normalized spacial score (nSPS) is 10.9. The van der Waals surface area contributed by atoms with E-state index in [1.165, 1.54) is 0 Å². The van der Waals surface area contributed by atoms with E-state index in [2.05, 4.69) is 13.5 Å². The molecule has 0 saturated carbocycles. The SMILES string of the molecule is C=CCOCCOCCOCCOCCOCCOCCOC(=O)CCCCC. The van der Waals surface area contributed by atoms with E-state index in [-0.39, 0.29) is 5.97 Å². The molecule has 0 aliphatic heterocycles. The number of esters is 1. The molecule has 0 aromatic rings. The molecule has 172 valence electrons. The van der Waals surface area contributed by atoms with Crippen LogP contribution in [0.15, 0.2) is 12.7 Å². The smallest absolute Gasteiger partial charge is 0.305 e. The molecule has 8 nitrogen and oxygen atoms in total. The van der Waals surface area contributed by atoms with E-state index in [1.807, 2.05) is 0 Å². The molecule has 0 saturated heterocycles. The molecule has 0 heterocycles. The lowest BCUT2D eigenvalue weighted by Crippen LogP contribution is -2.15. The van der Waals surface area contributed by atoms with Gasteiger partial charge in [0.2, 0.25) is 0 Å². The van der Waals surface area contributed by atoms with E-state index in [0.717, 1.165) is 19.3 Å². The van der Waals surface area contributed by atoms with E-state index >= 15 is 0 Å². The molecule has 0 N–H and O–H groups in total. The second kappa shape index (κ2) is 25.0. The highest BCUT2D eigenvalue weighted by Gasteiger charge is 2.01. The highest BCUT2D eigenvalue weighted by Crippen LogP contribution is 2.00. The summed E-state index contributed by atoms with van der Waals surface area (Å²) < 4.78 is 37.1. The van der Waals surface area contributed by atoms with Crippen LogP contribution in [0.5, 0.6) is 0 Å². The van der Waals surface area contributed by atoms with Gasteiger partial charge in [-0.15, -0.1) is 6.58 Å². The summed E-state index contributed by atoms with van der Waals surface area (Å²) in [4.78, 5) is 11.4. The molecule has 0 radical (unpaired) electrons. The molecule has 0 rings (SSSR count). The Balaban J connectivity index is 3.06. The third-order valence-electron chi connectivity index (χ3n) is 3.57. The maximum Gasteiger partial charge on any atom is 0.305 e. The first-order valence-electron chi connectivity index (χ1n) is 10.5. The minimum absolute atomic E-state index is 0.152. The monoisotopic (exact) mass is 420 g/mol. The van der Waals surface area contributed by atoms with Crippen molar-refractivity contribution in [3.05, 3.63) is 12.7 Å². The van der Waals surface area contributed by atoms with Gasteiger partial charge in [-0.1, -0.05) is 25.8 Å². The van der Waals surface area contributed by atoms with Gasteiger partial charge in [-0.05, 0) is 6.42 Å². The van der Waals surface area contributed by atoms with Gasteiger partial charge < -0.3 is 33.2 Å². The van der Waals surface area contributed by atoms with Gasteiger partial charge in [0.1, 0.15) is 6.61 Å². The third kappa shape index (κ3) is 24.9. The zero-order valence-electron chi connectivity index (χ0n) is 18.1. The van der Waals surface area contributed by atoms with Crippen LogP contribution in [0, 0.1) is 0 Å². The van der Waals surface area contributed by atoms with Crippen molar-refractivity contribution in [2.75, 3.05) is 85.9 Å². The topological polar surface area (TPSA) is 81.7 Å². The Morgan fingerprint density at radius 1 is 0.655 bits per heavy atom. The summed E-state index contributed by atoms with van der Waals surface area (Å²) >= 11 is 0. The molecular weight excluding hydrogens is 380 g/mol. The van der Waals surface area contributed by atoms with Crippen molar-refractivity contribution >= 4 is 5.97 Å². The molecule has 0 unspecified atom stereocenters. The van der Waals surface area contributed by atoms with Crippen LogP contribution in [-0.2, 0) is 38.0 Å². The largest absolute Gasteiger partial charge is 0.463 e. The second-order valence-electron chi connectivity index (χ2n) is 6.10. The van der Waals surface area contributed by atoms with Crippen LogP contribution in [-0.4, -0.2) is 91.9 Å². The number of hydrogen-bond donors (Lipinski definition) is 0. The quantitative estimate of drug-likeness (QED) is 0.134. The lowest BCUT2D eigenvalue weighted by molar-refractivity contribution is -0.145. The predicted molar refractivity (Wildman–Crippen MR) is 110 cm³/mol. The Hall–Kier alpha value is -1.03. The van der Waals surface area contributed by atoms with Crippen molar-refractivity contribution in [3.8, 4) is 0 Å². The van der Waals surface area contributed by atoms with Crippen LogP contribution in [0.25, 0.3) is 0 Å². The number of hydrogen-bond acceptors (Lipinski definition) is 8. The van der Waals surface area contributed by atoms with Crippen LogP contribution < -0.4 is 0 Å². The lowest BCUT2D eigenvalue weighted by Gasteiger charge is -2.08. The predicted octanol–water partition coefficient (Wildman–Crippen LogP) is 2.40. The highest BCUT2D eigenvalue weighted by molar-refractivity contribution is 5.69. The minimum atomic E-state index is -0.152. The van der Waals surface area contributed by atoms with Gasteiger partial charge >= 0.3 is 5.97 Å². The van der Waals surface area contributed by atoms with Crippen LogP contribution in [0.3, 0.4) is 0 Å². The lowest BCUT2D eigenvalue weighted by atomic mass is 10.2. The third-order valence-corrected chi connectivity index (χ3v) is 3.57. The van der Waals surface area contributed by atoms with Gasteiger partial charge in [-0.25, -0.2) is 0 Å². The van der Waals surface area contributed by atoms with Crippen LogP contribution in [0.4, 0.5) is 0 Å². The molecule has 0 bridgehead atoms. The summed E-state index contributed by atoms with van der Waals surface area (Å²) in [6, 6.07) is 0. The first-order valence-corrected chi connectivity index (χ1v) is 10.5. The molecular formula is C21H40O8. The first-order chi connectivity index (χ1) is 14.3. The Morgan fingerprint density at radius 3 is 1.48 bits per heavy atom. The molecule has 0 aromatic carbocycles. The standard InChI is InChI=1S/C21H40O8/c1-3-5-6-7-21(22)29-20-19-28-18-17-27-16-15-26-14-13-25-12-11-24-10-9-23-8-4-2/h4H,2-3,5-20H2,1H3. The summed E-state index contributed by atoms with van der Waals surface area (Å²) in [5.74, 6) is -0.152. The average molecular weight is 421 g/mol. The molecule has 0 amide bonds. The fourth-order valence-electron chi connectivity index (χ4n) is 2.07.